The Morgan fingerprint density at radius 1 is 1.17 bits per heavy atom. The van der Waals surface area contributed by atoms with Gasteiger partial charge >= 0.3 is 23.6 Å². The first kappa shape index (κ1) is 20.3. The summed E-state index contributed by atoms with van der Waals surface area (Å²) in [6, 6.07) is 0. The van der Waals surface area contributed by atoms with Crippen LogP contribution in [0.3, 0.4) is 0 Å². The third-order valence-corrected chi connectivity index (χ3v) is 4.09. The number of hydrogen-bond acceptors (Lipinski definition) is 11. The average Bonchev–Trinajstić information content (AvgIpc) is 3.15. The lowest BCUT2D eigenvalue weighted by atomic mass is 10.1. The highest BCUT2D eigenvalue weighted by Gasteiger charge is 2.51. The molecule has 0 spiro atoms. The SMILES string of the molecule is CC(=O)OC[C@H]1O[C@@H](n2cnc3c(N)[nH]c(=O)nc32)[C@H](OC(C)=O)[C@H]1OC(C)=O. The van der Waals surface area contributed by atoms with Crippen LogP contribution in [-0.2, 0) is 33.3 Å². The molecule has 13 nitrogen and oxygen atoms in total. The van der Waals surface area contributed by atoms with Crippen LogP contribution < -0.4 is 11.4 Å². The molecule has 1 fully saturated rings. The molecule has 0 radical (unpaired) electrons. The number of imidazole rings is 1. The number of carbonyl (C=O) groups is 3. The summed E-state index contributed by atoms with van der Waals surface area (Å²) in [5.74, 6) is -1.90. The van der Waals surface area contributed by atoms with E-state index in [9.17, 15) is 19.2 Å². The fourth-order valence-electron chi connectivity index (χ4n) is 3.06. The van der Waals surface area contributed by atoms with Gasteiger partial charge in [0.05, 0.1) is 6.33 Å². The summed E-state index contributed by atoms with van der Waals surface area (Å²) >= 11 is 0. The number of carbonyl (C=O) groups excluding carboxylic acids is 3. The van der Waals surface area contributed by atoms with E-state index in [0.717, 1.165) is 0 Å². The molecule has 3 heterocycles. The van der Waals surface area contributed by atoms with Gasteiger partial charge in [-0.05, 0) is 0 Å². The van der Waals surface area contributed by atoms with Gasteiger partial charge in [0.2, 0.25) is 0 Å². The molecule has 3 N–H and O–H groups in total. The third kappa shape index (κ3) is 4.18. The number of aromatic nitrogens is 4. The predicted molar refractivity (Wildman–Crippen MR) is 94.2 cm³/mol. The molecule has 0 unspecified atom stereocenters. The molecule has 4 atom stereocenters. The van der Waals surface area contributed by atoms with E-state index in [0.29, 0.717) is 0 Å². The number of anilines is 1. The summed E-state index contributed by atoms with van der Waals surface area (Å²) in [5.41, 5.74) is 5.31. The molecular formula is C16H19N5O8. The molecular weight excluding hydrogens is 390 g/mol. The smallest absolute Gasteiger partial charge is 0.348 e. The number of nitrogens with one attached hydrogen (secondary N) is 1. The lowest BCUT2D eigenvalue weighted by molar-refractivity contribution is -0.166. The van der Waals surface area contributed by atoms with E-state index in [-0.39, 0.29) is 23.6 Å². The summed E-state index contributed by atoms with van der Waals surface area (Å²) in [6.45, 7) is 3.30. The van der Waals surface area contributed by atoms with Gasteiger partial charge in [0.1, 0.15) is 24.0 Å². The van der Waals surface area contributed by atoms with Crippen LogP contribution in [0.2, 0.25) is 0 Å². The fourth-order valence-corrected chi connectivity index (χ4v) is 3.06. The molecule has 13 heteroatoms. The minimum Gasteiger partial charge on any atom is -0.463 e. The number of hydrogen-bond donors (Lipinski definition) is 2. The Kier molecular flexibility index (Phi) is 5.50. The van der Waals surface area contributed by atoms with Crippen LogP contribution in [0.5, 0.6) is 0 Å². The molecule has 0 aromatic carbocycles. The first-order valence-corrected chi connectivity index (χ1v) is 8.53. The number of esters is 3. The van der Waals surface area contributed by atoms with Crippen molar-refractivity contribution in [3.63, 3.8) is 0 Å². The van der Waals surface area contributed by atoms with Crippen LogP contribution in [-0.4, -0.2) is 62.3 Å². The highest BCUT2D eigenvalue weighted by atomic mass is 16.7. The van der Waals surface area contributed by atoms with Gasteiger partial charge in [-0.1, -0.05) is 0 Å². The van der Waals surface area contributed by atoms with Crippen molar-refractivity contribution in [2.45, 2.75) is 45.3 Å². The molecule has 156 valence electrons. The van der Waals surface area contributed by atoms with E-state index in [1.807, 2.05) is 0 Å². The summed E-state index contributed by atoms with van der Waals surface area (Å²) in [7, 11) is 0. The lowest BCUT2D eigenvalue weighted by Crippen LogP contribution is -2.40. The maximum atomic E-state index is 11.7. The van der Waals surface area contributed by atoms with Crippen molar-refractivity contribution in [2.24, 2.45) is 0 Å². The van der Waals surface area contributed by atoms with Gasteiger partial charge in [-0.3, -0.25) is 23.9 Å². The van der Waals surface area contributed by atoms with Crippen molar-refractivity contribution in [2.75, 3.05) is 12.3 Å². The largest absolute Gasteiger partial charge is 0.463 e. The predicted octanol–water partition coefficient (Wildman–Crippen LogP) is -0.974. The number of nitrogen functional groups attached to an aromatic ring is 1. The molecule has 1 aliphatic rings. The third-order valence-electron chi connectivity index (χ3n) is 4.09. The summed E-state index contributed by atoms with van der Waals surface area (Å²) in [6.07, 6.45) is -2.95. The van der Waals surface area contributed by atoms with E-state index in [4.69, 9.17) is 24.7 Å². The molecule has 29 heavy (non-hydrogen) atoms. The zero-order valence-electron chi connectivity index (χ0n) is 15.8. The van der Waals surface area contributed by atoms with Crippen molar-refractivity contribution < 1.29 is 33.3 Å². The first-order chi connectivity index (χ1) is 13.7. The topological polar surface area (TPSA) is 178 Å². The molecule has 3 rings (SSSR count). The van der Waals surface area contributed by atoms with Gasteiger partial charge in [0.15, 0.2) is 24.1 Å². The fraction of sp³-hybridized carbons (Fsp3) is 0.500. The second kappa shape index (κ2) is 7.87. The van der Waals surface area contributed by atoms with Gasteiger partial charge in [-0.2, -0.15) is 4.98 Å². The molecule has 1 saturated heterocycles. The number of nitrogens with two attached hydrogens (primary N) is 1. The van der Waals surface area contributed by atoms with Crippen LogP contribution in [0, 0.1) is 0 Å². The minimum absolute atomic E-state index is 0.00576. The van der Waals surface area contributed by atoms with E-state index in [1.165, 1.54) is 31.7 Å². The minimum atomic E-state index is -1.13. The van der Waals surface area contributed by atoms with Crippen molar-refractivity contribution in [3.8, 4) is 0 Å². The Balaban J connectivity index is 2.05. The number of fused-ring (bicyclic) bond motifs is 1. The Morgan fingerprint density at radius 3 is 2.45 bits per heavy atom. The number of rotatable bonds is 5. The zero-order chi connectivity index (χ0) is 21.3. The van der Waals surface area contributed by atoms with E-state index in [2.05, 4.69) is 15.0 Å². The molecule has 2 aromatic rings. The Bertz CT molecular complexity index is 1010. The Morgan fingerprint density at radius 2 is 1.83 bits per heavy atom. The lowest BCUT2D eigenvalue weighted by Gasteiger charge is -2.23. The van der Waals surface area contributed by atoms with Gasteiger partial charge in [0.25, 0.3) is 0 Å². The molecule has 1 aliphatic heterocycles. The standard InChI is InChI=1S/C16H19N5O8/c1-6(22)26-4-9-11(27-7(2)23)12(28-8(3)24)15(29-9)21-5-18-10-13(17)19-16(25)20-14(10)21/h5,9,11-12,15H,4H2,1-3H3,(H3,17,19,20,25)/t9-,11+,12-,15-/m1/s1. The summed E-state index contributed by atoms with van der Waals surface area (Å²) in [4.78, 5) is 56.5. The Labute approximate surface area is 163 Å². The monoisotopic (exact) mass is 409 g/mol. The van der Waals surface area contributed by atoms with Crippen LogP contribution in [0.15, 0.2) is 11.1 Å². The zero-order valence-corrected chi connectivity index (χ0v) is 15.8. The van der Waals surface area contributed by atoms with Gasteiger partial charge in [0, 0.05) is 20.8 Å². The maximum Gasteiger partial charge on any atom is 0.348 e. The highest BCUT2D eigenvalue weighted by molar-refractivity contribution is 5.81. The first-order valence-electron chi connectivity index (χ1n) is 8.53. The van der Waals surface area contributed by atoms with Gasteiger partial charge in [-0.25, -0.2) is 9.78 Å². The van der Waals surface area contributed by atoms with Crippen molar-refractivity contribution in [1.82, 2.24) is 19.5 Å². The van der Waals surface area contributed by atoms with E-state index in [1.54, 1.807) is 0 Å². The number of aromatic amines is 1. The number of H-pyrrole nitrogens is 1. The number of ether oxygens (including phenoxy) is 4. The molecule has 2 aromatic heterocycles. The van der Waals surface area contributed by atoms with Crippen LogP contribution in [0.4, 0.5) is 5.82 Å². The van der Waals surface area contributed by atoms with Crippen LogP contribution in [0.1, 0.15) is 27.0 Å². The average molecular weight is 409 g/mol. The van der Waals surface area contributed by atoms with Crippen molar-refractivity contribution >= 4 is 34.9 Å². The Hall–Kier alpha value is -3.48. The second-order valence-electron chi connectivity index (χ2n) is 6.30. The second-order valence-corrected chi connectivity index (χ2v) is 6.30. The number of nitrogens with zero attached hydrogens (tertiary/aromatic N) is 3. The van der Waals surface area contributed by atoms with Crippen LogP contribution >= 0.6 is 0 Å². The van der Waals surface area contributed by atoms with Crippen molar-refractivity contribution in [3.05, 3.63) is 16.8 Å². The quantitative estimate of drug-likeness (QED) is 0.458. The van der Waals surface area contributed by atoms with Crippen LogP contribution in [0.25, 0.3) is 11.2 Å². The van der Waals surface area contributed by atoms with Crippen molar-refractivity contribution in [1.29, 1.82) is 0 Å². The summed E-state index contributed by atoms with van der Waals surface area (Å²) in [5, 5.41) is 0. The molecule has 0 amide bonds. The van der Waals surface area contributed by atoms with E-state index < -0.39 is 48.1 Å². The van der Waals surface area contributed by atoms with E-state index >= 15 is 0 Å². The molecule has 0 saturated carbocycles. The normalized spacial score (nSPS) is 23.7. The molecule has 0 aliphatic carbocycles. The summed E-state index contributed by atoms with van der Waals surface area (Å²) < 4.78 is 22.8. The molecule has 0 bridgehead atoms. The van der Waals surface area contributed by atoms with Gasteiger partial charge in [-0.15, -0.1) is 0 Å². The maximum absolute atomic E-state index is 11.7. The highest BCUT2D eigenvalue weighted by Crippen LogP contribution is 2.36. The van der Waals surface area contributed by atoms with Gasteiger partial charge < -0.3 is 24.7 Å².